The molecule has 5 heteroatoms. The standard InChI is InChI=1S/C8H10N2O3/c1-2-6(11)5-7(12)10-8-3-4-9-13-8/h3-4H,2,5H2,1H3,(H,10,12). The predicted octanol–water partition coefficient (Wildman–Crippen LogP) is 0.982. The first-order valence-corrected chi connectivity index (χ1v) is 3.94. The van der Waals surface area contributed by atoms with Gasteiger partial charge in [0.15, 0.2) is 0 Å². The zero-order valence-electron chi connectivity index (χ0n) is 7.24. The van der Waals surface area contributed by atoms with Crippen LogP contribution in [-0.2, 0) is 9.59 Å². The maximum Gasteiger partial charge on any atom is 0.234 e. The van der Waals surface area contributed by atoms with Crippen molar-refractivity contribution in [2.45, 2.75) is 19.8 Å². The minimum Gasteiger partial charge on any atom is -0.338 e. The first kappa shape index (κ1) is 9.44. The Balaban J connectivity index is 2.38. The molecule has 0 aromatic carbocycles. The van der Waals surface area contributed by atoms with Crippen LogP contribution in [0.3, 0.4) is 0 Å². The lowest BCUT2D eigenvalue weighted by Crippen LogP contribution is -2.15. The molecule has 0 aliphatic heterocycles. The summed E-state index contributed by atoms with van der Waals surface area (Å²) < 4.78 is 4.63. The Hall–Kier alpha value is -1.65. The van der Waals surface area contributed by atoms with Crippen molar-refractivity contribution < 1.29 is 14.1 Å². The van der Waals surface area contributed by atoms with E-state index in [0.29, 0.717) is 6.42 Å². The molecule has 0 saturated heterocycles. The summed E-state index contributed by atoms with van der Waals surface area (Å²) in [6.07, 6.45) is 1.66. The molecule has 1 N–H and O–H groups in total. The van der Waals surface area contributed by atoms with Crippen molar-refractivity contribution in [2.24, 2.45) is 0 Å². The van der Waals surface area contributed by atoms with E-state index in [-0.39, 0.29) is 24.0 Å². The van der Waals surface area contributed by atoms with Crippen LogP contribution < -0.4 is 5.32 Å². The number of carbonyl (C=O) groups excluding carboxylic acids is 2. The third-order valence-corrected chi connectivity index (χ3v) is 1.45. The monoisotopic (exact) mass is 182 g/mol. The van der Waals surface area contributed by atoms with Gasteiger partial charge < -0.3 is 4.52 Å². The van der Waals surface area contributed by atoms with Gasteiger partial charge in [0.2, 0.25) is 11.8 Å². The molecule has 0 atom stereocenters. The van der Waals surface area contributed by atoms with Gasteiger partial charge in [-0.25, -0.2) is 0 Å². The van der Waals surface area contributed by atoms with Gasteiger partial charge in [-0.2, -0.15) is 0 Å². The molecule has 5 nitrogen and oxygen atoms in total. The number of hydrogen-bond donors (Lipinski definition) is 1. The SMILES string of the molecule is CCC(=O)CC(=O)Nc1ccno1. The van der Waals surface area contributed by atoms with E-state index in [1.807, 2.05) is 0 Å². The molecule has 1 rings (SSSR count). The molecule has 1 heterocycles. The lowest BCUT2D eigenvalue weighted by Gasteiger charge is -1.97. The molecule has 1 amide bonds. The highest BCUT2D eigenvalue weighted by Crippen LogP contribution is 2.04. The van der Waals surface area contributed by atoms with Crippen LogP contribution in [-0.4, -0.2) is 16.8 Å². The maximum atomic E-state index is 11.1. The number of nitrogens with one attached hydrogen (secondary N) is 1. The average Bonchev–Trinajstić information content (AvgIpc) is 2.56. The Morgan fingerprint density at radius 1 is 1.62 bits per heavy atom. The van der Waals surface area contributed by atoms with Crippen LogP contribution in [0.1, 0.15) is 19.8 Å². The molecule has 0 spiro atoms. The molecular weight excluding hydrogens is 172 g/mol. The maximum absolute atomic E-state index is 11.1. The second-order valence-corrected chi connectivity index (χ2v) is 2.49. The van der Waals surface area contributed by atoms with Gasteiger partial charge in [-0.1, -0.05) is 12.1 Å². The Morgan fingerprint density at radius 2 is 2.38 bits per heavy atom. The summed E-state index contributed by atoms with van der Waals surface area (Å²) in [6, 6.07) is 1.51. The third kappa shape index (κ3) is 3.06. The summed E-state index contributed by atoms with van der Waals surface area (Å²) in [4.78, 5) is 21.9. The van der Waals surface area contributed by atoms with Crippen molar-refractivity contribution in [3.63, 3.8) is 0 Å². The van der Waals surface area contributed by atoms with Crippen molar-refractivity contribution in [3.8, 4) is 0 Å². The van der Waals surface area contributed by atoms with Crippen LogP contribution in [0, 0.1) is 0 Å². The van der Waals surface area contributed by atoms with Gasteiger partial charge in [-0.05, 0) is 0 Å². The number of hydrogen-bond acceptors (Lipinski definition) is 4. The van der Waals surface area contributed by atoms with Crippen LogP contribution >= 0.6 is 0 Å². The molecule has 70 valence electrons. The van der Waals surface area contributed by atoms with E-state index in [9.17, 15) is 9.59 Å². The Labute approximate surface area is 75.1 Å². The van der Waals surface area contributed by atoms with E-state index >= 15 is 0 Å². The smallest absolute Gasteiger partial charge is 0.234 e. The molecule has 0 saturated carbocycles. The van der Waals surface area contributed by atoms with Gasteiger partial charge in [0.25, 0.3) is 0 Å². The van der Waals surface area contributed by atoms with E-state index < -0.39 is 0 Å². The van der Waals surface area contributed by atoms with Gasteiger partial charge in [-0.15, -0.1) is 0 Å². The first-order chi connectivity index (χ1) is 6.22. The molecule has 1 aromatic rings. The molecule has 0 radical (unpaired) electrons. The summed E-state index contributed by atoms with van der Waals surface area (Å²) in [6.45, 7) is 1.71. The van der Waals surface area contributed by atoms with Gasteiger partial charge >= 0.3 is 0 Å². The molecule has 13 heavy (non-hydrogen) atoms. The van der Waals surface area contributed by atoms with Gasteiger partial charge in [-0.3, -0.25) is 14.9 Å². The number of carbonyl (C=O) groups is 2. The number of ketones is 1. The molecular formula is C8H10N2O3. The van der Waals surface area contributed by atoms with Crippen LogP contribution in [0.25, 0.3) is 0 Å². The lowest BCUT2D eigenvalue weighted by atomic mass is 10.2. The highest BCUT2D eigenvalue weighted by atomic mass is 16.5. The zero-order chi connectivity index (χ0) is 9.68. The van der Waals surface area contributed by atoms with Crippen molar-refractivity contribution in [1.82, 2.24) is 5.16 Å². The van der Waals surface area contributed by atoms with E-state index in [2.05, 4.69) is 15.0 Å². The zero-order valence-corrected chi connectivity index (χ0v) is 7.24. The van der Waals surface area contributed by atoms with Crippen molar-refractivity contribution >= 4 is 17.6 Å². The van der Waals surface area contributed by atoms with Crippen molar-refractivity contribution in [1.29, 1.82) is 0 Å². The Morgan fingerprint density at radius 3 is 2.92 bits per heavy atom. The summed E-state index contributed by atoms with van der Waals surface area (Å²) >= 11 is 0. The minimum atomic E-state index is -0.372. The average molecular weight is 182 g/mol. The molecule has 0 aliphatic rings. The second kappa shape index (κ2) is 4.39. The third-order valence-electron chi connectivity index (χ3n) is 1.45. The number of nitrogens with zero attached hydrogens (tertiary/aromatic N) is 1. The second-order valence-electron chi connectivity index (χ2n) is 2.49. The van der Waals surface area contributed by atoms with Gasteiger partial charge in [0, 0.05) is 12.5 Å². The number of Topliss-reactive ketones (excluding diaryl/α,β-unsaturated/α-hetero) is 1. The van der Waals surface area contributed by atoms with Crippen LogP contribution in [0.15, 0.2) is 16.8 Å². The summed E-state index contributed by atoms with van der Waals surface area (Å²) in [7, 11) is 0. The lowest BCUT2D eigenvalue weighted by molar-refractivity contribution is -0.125. The van der Waals surface area contributed by atoms with Gasteiger partial charge in [0.1, 0.15) is 5.78 Å². The highest BCUT2D eigenvalue weighted by Gasteiger charge is 2.08. The van der Waals surface area contributed by atoms with Crippen molar-refractivity contribution in [2.75, 3.05) is 5.32 Å². The molecule has 0 bridgehead atoms. The summed E-state index contributed by atoms with van der Waals surface area (Å²) in [5.41, 5.74) is 0. The highest BCUT2D eigenvalue weighted by molar-refractivity contribution is 6.03. The van der Waals surface area contributed by atoms with E-state index in [0.717, 1.165) is 0 Å². The first-order valence-electron chi connectivity index (χ1n) is 3.94. The van der Waals surface area contributed by atoms with Crippen LogP contribution in [0.5, 0.6) is 0 Å². The molecule has 1 aromatic heterocycles. The molecule has 0 fully saturated rings. The molecule has 0 aliphatic carbocycles. The Kier molecular flexibility index (Phi) is 3.19. The number of anilines is 1. The van der Waals surface area contributed by atoms with E-state index in [4.69, 9.17) is 0 Å². The summed E-state index contributed by atoms with van der Waals surface area (Å²) in [5, 5.41) is 5.80. The fourth-order valence-electron chi connectivity index (χ4n) is 0.766. The number of aromatic nitrogens is 1. The summed E-state index contributed by atoms with van der Waals surface area (Å²) in [5.74, 6) is -0.213. The largest absolute Gasteiger partial charge is 0.338 e. The minimum absolute atomic E-state index is 0.1000. The number of rotatable bonds is 4. The molecule has 0 unspecified atom stereocenters. The van der Waals surface area contributed by atoms with Crippen LogP contribution in [0.2, 0.25) is 0 Å². The Bertz CT molecular complexity index is 292. The predicted molar refractivity (Wildman–Crippen MR) is 45.0 cm³/mol. The van der Waals surface area contributed by atoms with E-state index in [1.165, 1.54) is 12.3 Å². The quantitative estimate of drug-likeness (QED) is 0.704. The van der Waals surface area contributed by atoms with Crippen LogP contribution in [0.4, 0.5) is 5.88 Å². The normalized spacial score (nSPS) is 9.62. The fraction of sp³-hybridized carbons (Fsp3) is 0.375. The van der Waals surface area contributed by atoms with Gasteiger partial charge in [0.05, 0.1) is 12.6 Å². The van der Waals surface area contributed by atoms with Crippen molar-refractivity contribution in [3.05, 3.63) is 12.3 Å². The number of amides is 1. The topological polar surface area (TPSA) is 72.2 Å². The fourth-order valence-corrected chi connectivity index (χ4v) is 0.766. The van der Waals surface area contributed by atoms with E-state index in [1.54, 1.807) is 6.92 Å².